The van der Waals surface area contributed by atoms with Crippen molar-refractivity contribution >= 4 is 43.5 Å². The Labute approximate surface area is 279 Å². The summed E-state index contributed by atoms with van der Waals surface area (Å²) in [5.74, 6) is 0. The van der Waals surface area contributed by atoms with Crippen molar-refractivity contribution in [3.63, 3.8) is 0 Å². The predicted molar refractivity (Wildman–Crippen MR) is 190 cm³/mol. The molecule has 0 aliphatic rings. The molecule has 0 saturated carbocycles. The Kier molecular flexibility index (Phi) is 3.62. The number of hydrogen-bond donors (Lipinski definition) is 0. The van der Waals surface area contributed by atoms with Crippen molar-refractivity contribution in [2.75, 3.05) is 0 Å². The molecule has 210 valence electrons. The van der Waals surface area contributed by atoms with Crippen LogP contribution in [0.1, 0.15) is 17.8 Å². The fourth-order valence-corrected chi connectivity index (χ4v) is 6.22. The number of rotatable bonds is 4. The normalized spacial score (nSPS) is 15.6. The largest absolute Gasteiger partial charge is 0.456 e. The van der Waals surface area contributed by atoms with E-state index in [1.54, 1.807) is 60.7 Å². The molecule has 9 rings (SSSR count). The highest BCUT2D eigenvalue weighted by Gasteiger charge is 2.19. The molecule has 8 aromatic carbocycles. The maximum absolute atomic E-state index is 9.73. The summed E-state index contributed by atoms with van der Waals surface area (Å²) in [6.45, 7) is 0. The molecule has 0 spiro atoms. The van der Waals surface area contributed by atoms with E-state index in [2.05, 4.69) is 0 Å². The molecule has 1 nitrogen and oxygen atoms in total. The summed E-state index contributed by atoms with van der Waals surface area (Å²) in [6.07, 6.45) is 0. The van der Waals surface area contributed by atoms with Gasteiger partial charge in [0.05, 0.1) is 17.8 Å². The second-order valence-electron chi connectivity index (χ2n) is 10.7. The van der Waals surface area contributed by atoms with Crippen molar-refractivity contribution < 1.29 is 22.2 Å². The minimum absolute atomic E-state index is 0.0768. The summed E-state index contributed by atoms with van der Waals surface area (Å²) in [5, 5.41) is 3.35. The molecular formula is C44H28O. The lowest BCUT2D eigenvalue weighted by Crippen LogP contribution is -1.92. The van der Waals surface area contributed by atoms with Gasteiger partial charge in [-0.3, -0.25) is 0 Å². The van der Waals surface area contributed by atoms with Crippen LogP contribution in [0.25, 0.3) is 88.0 Å². The molecule has 0 saturated heterocycles. The SMILES string of the molecule is [2H]c1c([2H])c([2H])c(-c2c([2H])c([2H])c([2H])c([2H])c2-c2c3ccccc3c(-c3c([2H])c([2H])c([2H])c(-c4ccc5oc6ccccc6c5c4)c3[2H])c3ccccc23)c([2H])c1[2H]. The van der Waals surface area contributed by atoms with Gasteiger partial charge in [0.25, 0.3) is 0 Å². The van der Waals surface area contributed by atoms with Crippen molar-refractivity contribution in [2.24, 2.45) is 0 Å². The summed E-state index contributed by atoms with van der Waals surface area (Å²) < 4.78 is 122. The van der Waals surface area contributed by atoms with Crippen LogP contribution in [0, 0.1) is 0 Å². The Hall–Kier alpha value is -5.92. The standard InChI is InChI=1S/C44H28O/c1-2-13-29(14-3-1)33-17-4-5-19-35(33)44-38-22-8-6-20-36(38)43(37-21-7-9-23-39(37)44)32-16-12-15-30(27-32)31-25-26-42-40(28-31)34-18-10-11-24-41(34)45-42/h1-28H/i1D,2D,3D,4D,5D,12D,13D,14D,15D,16D,17D,19D,27D. The quantitative estimate of drug-likeness (QED) is 0.187. The van der Waals surface area contributed by atoms with E-state index in [4.69, 9.17) is 18.1 Å². The molecule has 1 heterocycles. The molecule has 0 aliphatic heterocycles. The first-order valence-electron chi connectivity index (χ1n) is 20.9. The molecule has 0 unspecified atom stereocenters. The minimum atomic E-state index is -0.662. The van der Waals surface area contributed by atoms with Gasteiger partial charge >= 0.3 is 0 Å². The Bertz CT molecular complexity index is 3190. The highest BCUT2D eigenvalue weighted by molar-refractivity contribution is 6.22. The van der Waals surface area contributed by atoms with Crippen molar-refractivity contribution in [1.82, 2.24) is 0 Å². The number of hydrogen-bond acceptors (Lipinski definition) is 1. The molecule has 0 aliphatic carbocycles. The lowest BCUT2D eigenvalue weighted by molar-refractivity contribution is 0.669. The van der Waals surface area contributed by atoms with Gasteiger partial charge in [-0.1, -0.05) is 145 Å². The topological polar surface area (TPSA) is 13.1 Å². The van der Waals surface area contributed by atoms with Gasteiger partial charge in [0.15, 0.2) is 0 Å². The summed E-state index contributed by atoms with van der Waals surface area (Å²) in [5.41, 5.74) is 1.90. The zero-order chi connectivity index (χ0) is 41.1. The smallest absolute Gasteiger partial charge is 0.135 e. The first-order chi connectivity index (χ1) is 27.7. The lowest BCUT2D eigenvalue weighted by Gasteiger charge is -2.20. The second kappa shape index (κ2) is 10.4. The van der Waals surface area contributed by atoms with E-state index >= 15 is 0 Å². The molecule has 0 bridgehead atoms. The average Bonchev–Trinajstić information content (AvgIpc) is 3.61. The van der Waals surface area contributed by atoms with Gasteiger partial charge in [0, 0.05) is 10.8 Å². The third kappa shape index (κ3) is 4.17. The Morgan fingerprint density at radius 2 is 0.933 bits per heavy atom. The van der Waals surface area contributed by atoms with Crippen molar-refractivity contribution in [3.05, 3.63) is 170 Å². The maximum Gasteiger partial charge on any atom is 0.135 e. The molecule has 0 amide bonds. The van der Waals surface area contributed by atoms with Gasteiger partial charge in [-0.2, -0.15) is 0 Å². The first kappa shape index (κ1) is 15.7. The number of fused-ring (bicyclic) bond motifs is 5. The molecule has 9 aromatic rings. The van der Waals surface area contributed by atoms with Crippen LogP contribution >= 0.6 is 0 Å². The van der Waals surface area contributed by atoms with Gasteiger partial charge in [0.1, 0.15) is 11.2 Å². The van der Waals surface area contributed by atoms with Crippen LogP contribution < -0.4 is 0 Å². The van der Waals surface area contributed by atoms with Crippen LogP contribution in [0.15, 0.2) is 174 Å². The van der Waals surface area contributed by atoms with E-state index in [-0.39, 0.29) is 51.5 Å². The number of furan rings is 1. The van der Waals surface area contributed by atoms with Gasteiger partial charge in [-0.05, 0) is 90.3 Å². The molecule has 0 radical (unpaired) electrons. The van der Waals surface area contributed by atoms with Gasteiger partial charge in [-0.25, -0.2) is 0 Å². The molecule has 0 N–H and O–H groups in total. The predicted octanol–water partition coefficient (Wildman–Crippen LogP) is 12.6. The fraction of sp³-hybridized carbons (Fsp3) is 0. The highest BCUT2D eigenvalue weighted by atomic mass is 16.3. The fourth-order valence-electron chi connectivity index (χ4n) is 6.22. The zero-order valence-electron chi connectivity index (χ0n) is 36.6. The van der Waals surface area contributed by atoms with E-state index in [0.29, 0.717) is 43.8 Å². The van der Waals surface area contributed by atoms with E-state index in [9.17, 15) is 4.11 Å². The van der Waals surface area contributed by atoms with E-state index < -0.39 is 60.4 Å². The Balaban J connectivity index is 1.42. The van der Waals surface area contributed by atoms with Gasteiger partial charge in [-0.15, -0.1) is 0 Å². The zero-order valence-corrected chi connectivity index (χ0v) is 23.6. The summed E-state index contributed by atoms with van der Waals surface area (Å²) in [7, 11) is 0. The van der Waals surface area contributed by atoms with Gasteiger partial charge < -0.3 is 4.42 Å². The minimum Gasteiger partial charge on any atom is -0.456 e. The second-order valence-corrected chi connectivity index (χ2v) is 10.7. The van der Waals surface area contributed by atoms with Crippen LogP contribution in [-0.2, 0) is 0 Å². The summed E-state index contributed by atoms with van der Waals surface area (Å²) >= 11 is 0. The molecular weight excluding hydrogens is 544 g/mol. The van der Waals surface area contributed by atoms with Crippen LogP contribution in [0.3, 0.4) is 0 Å². The first-order valence-corrected chi connectivity index (χ1v) is 14.4. The average molecular weight is 586 g/mol. The van der Waals surface area contributed by atoms with Crippen molar-refractivity contribution in [2.45, 2.75) is 0 Å². The summed E-state index contributed by atoms with van der Waals surface area (Å²) in [6, 6.07) is 19.9. The van der Waals surface area contributed by atoms with E-state index in [0.717, 1.165) is 10.8 Å². The third-order valence-corrected chi connectivity index (χ3v) is 8.16. The molecule has 1 heteroatoms. The Morgan fingerprint density at radius 3 is 1.67 bits per heavy atom. The lowest BCUT2D eigenvalue weighted by atomic mass is 9.83. The van der Waals surface area contributed by atoms with Crippen molar-refractivity contribution in [3.8, 4) is 44.5 Å². The van der Waals surface area contributed by atoms with Crippen LogP contribution in [0.4, 0.5) is 0 Å². The van der Waals surface area contributed by atoms with E-state index in [1.807, 2.05) is 30.3 Å². The molecule has 0 atom stereocenters. The third-order valence-electron chi connectivity index (χ3n) is 8.16. The van der Waals surface area contributed by atoms with Crippen molar-refractivity contribution in [1.29, 1.82) is 0 Å². The van der Waals surface area contributed by atoms with Crippen LogP contribution in [-0.4, -0.2) is 0 Å². The number of para-hydroxylation sites is 1. The van der Waals surface area contributed by atoms with E-state index in [1.165, 1.54) is 0 Å². The van der Waals surface area contributed by atoms with Gasteiger partial charge in [0.2, 0.25) is 0 Å². The highest BCUT2D eigenvalue weighted by Crippen LogP contribution is 2.46. The molecule has 45 heavy (non-hydrogen) atoms. The van der Waals surface area contributed by atoms with Crippen LogP contribution in [0.2, 0.25) is 0 Å². The Morgan fingerprint density at radius 1 is 0.378 bits per heavy atom. The number of benzene rings is 8. The maximum atomic E-state index is 9.73. The monoisotopic (exact) mass is 585 g/mol. The summed E-state index contributed by atoms with van der Waals surface area (Å²) in [4.78, 5) is 0. The molecule has 1 aromatic heterocycles. The molecule has 0 fully saturated rings. The van der Waals surface area contributed by atoms with Crippen LogP contribution in [0.5, 0.6) is 0 Å².